The minimum absolute atomic E-state index is 0.0575. The molecule has 2 aliphatic heterocycles. The Morgan fingerprint density at radius 3 is 2.89 bits per heavy atom. The average Bonchev–Trinajstić information content (AvgIpc) is 2.85. The van der Waals surface area contributed by atoms with Gasteiger partial charge in [-0.1, -0.05) is 0 Å². The Balaban J connectivity index is 2.02. The fraction of sp³-hybridized carbons (Fsp3) is 0.846. The number of ether oxygens (including phenoxy) is 1. The molecule has 3 unspecified atom stereocenters. The molecule has 0 aliphatic carbocycles. The Labute approximate surface area is 113 Å². The molecule has 2 heterocycles. The lowest BCUT2D eigenvalue weighted by Crippen LogP contribution is -2.60. The summed E-state index contributed by atoms with van der Waals surface area (Å²) < 4.78 is 5.46. The van der Waals surface area contributed by atoms with E-state index in [2.05, 4.69) is 10.6 Å². The fourth-order valence-corrected chi connectivity index (χ4v) is 2.72. The van der Waals surface area contributed by atoms with Crippen LogP contribution in [0.3, 0.4) is 0 Å². The first-order valence-corrected chi connectivity index (χ1v) is 7.04. The predicted octanol–water partition coefficient (Wildman–Crippen LogP) is -0.652. The standard InChI is InChI=1S/C13H23N3O3/c1-3-15-12(17)11-7-14-4-5-16(11)13(18)10-6-9(2)19-8-10/h9-11,14H,3-8H2,1-2H3,(H,15,17). The van der Waals surface area contributed by atoms with Crippen molar-refractivity contribution in [3.05, 3.63) is 0 Å². The van der Waals surface area contributed by atoms with Crippen LogP contribution in [-0.4, -0.2) is 61.6 Å². The van der Waals surface area contributed by atoms with Crippen molar-refractivity contribution in [3.8, 4) is 0 Å². The molecule has 0 radical (unpaired) electrons. The second-order valence-electron chi connectivity index (χ2n) is 5.22. The highest BCUT2D eigenvalue weighted by Crippen LogP contribution is 2.22. The van der Waals surface area contributed by atoms with E-state index in [9.17, 15) is 9.59 Å². The van der Waals surface area contributed by atoms with Gasteiger partial charge in [-0.15, -0.1) is 0 Å². The van der Waals surface area contributed by atoms with Gasteiger partial charge < -0.3 is 20.3 Å². The van der Waals surface area contributed by atoms with E-state index < -0.39 is 6.04 Å². The van der Waals surface area contributed by atoms with Crippen molar-refractivity contribution >= 4 is 11.8 Å². The van der Waals surface area contributed by atoms with Gasteiger partial charge in [-0.25, -0.2) is 0 Å². The Morgan fingerprint density at radius 2 is 2.26 bits per heavy atom. The van der Waals surface area contributed by atoms with E-state index in [4.69, 9.17) is 4.74 Å². The summed E-state index contributed by atoms with van der Waals surface area (Å²) in [6.07, 6.45) is 0.894. The van der Waals surface area contributed by atoms with E-state index in [0.717, 1.165) is 13.0 Å². The Kier molecular flexibility index (Phi) is 4.76. The number of nitrogens with one attached hydrogen (secondary N) is 2. The Morgan fingerprint density at radius 1 is 1.47 bits per heavy atom. The van der Waals surface area contributed by atoms with Gasteiger partial charge in [-0.2, -0.15) is 0 Å². The lowest BCUT2D eigenvalue weighted by Gasteiger charge is -2.36. The van der Waals surface area contributed by atoms with Crippen molar-refractivity contribution in [2.24, 2.45) is 5.92 Å². The lowest BCUT2D eigenvalue weighted by atomic mass is 10.0. The van der Waals surface area contributed by atoms with Crippen LogP contribution in [0.2, 0.25) is 0 Å². The van der Waals surface area contributed by atoms with Crippen molar-refractivity contribution in [1.82, 2.24) is 15.5 Å². The SMILES string of the molecule is CCNC(=O)C1CNCCN1C(=O)C1COC(C)C1. The van der Waals surface area contributed by atoms with Crippen molar-refractivity contribution in [3.63, 3.8) is 0 Å². The van der Waals surface area contributed by atoms with Crippen molar-refractivity contribution < 1.29 is 14.3 Å². The molecule has 0 saturated carbocycles. The van der Waals surface area contributed by atoms with E-state index in [-0.39, 0.29) is 23.8 Å². The van der Waals surface area contributed by atoms with Crippen LogP contribution < -0.4 is 10.6 Å². The number of piperazine rings is 1. The zero-order chi connectivity index (χ0) is 13.8. The number of hydrogen-bond acceptors (Lipinski definition) is 4. The molecule has 0 spiro atoms. The van der Waals surface area contributed by atoms with E-state index in [1.165, 1.54) is 0 Å². The highest BCUT2D eigenvalue weighted by Gasteiger charge is 2.37. The predicted molar refractivity (Wildman–Crippen MR) is 70.6 cm³/mol. The minimum atomic E-state index is -0.392. The minimum Gasteiger partial charge on any atom is -0.378 e. The maximum atomic E-state index is 12.5. The number of nitrogens with zero attached hydrogens (tertiary/aromatic N) is 1. The fourth-order valence-electron chi connectivity index (χ4n) is 2.72. The summed E-state index contributed by atoms with van der Waals surface area (Å²) in [7, 11) is 0. The highest BCUT2D eigenvalue weighted by atomic mass is 16.5. The summed E-state index contributed by atoms with van der Waals surface area (Å²) in [6.45, 7) is 6.78. The van der Waals surface area contributed by atoms with Crippen molar-refractivity contribution in [1.29, 1.82) is 0 Å². The van der Waals surface area contributed by atoms with Gasteiger partial charge in [0.1, 0.15) is 6.04 Å². The van der Waals surface area contributed by atoms with Gasteiger partial charge in [0.2, 0.25) is 11.8 Å². The third-order valence-electron chi connectivity index (χ3n) is 3.73. The van der Waals surface area contributed by atoms with Crippen LogP contribution in [0, 0.1) is 5.92 Å². The van der Waals surface area contributed by atoms with Gasteiger partial charge in [0, 0.05) is 26.2 Å². The molecule has 0 aromatic carbocycles. The molecule has 108 valence electrons. The molecule has 2 aliphatic rings. The molecular formula is C13H23N3O3. The zero-order valence-corrected chi connectivity index (χ0v) is 11.6. The summed E-state index contributed by atoms with van der Waals surface area (Å²) in [5.41, 5.74) is 0. The molecule has 0 aromatic rings. The molecule has 2 rings (SSSR count). The largest absolute Gasteiger partial charge is 0.378 e. The van der Waals surface area contributed by atoms with Crippen LogP contribution >= 0.6 is 0 Å². The molecule has 3 atom stereocenters. The maximum absolute atomic E-state index is 12.5. The van der Waals surface area contributed by atoms with Gasteiger partial charge in [0.15, 0.2) is 0 Å². The molecule has 0 bridgehead atoms. The third-order valence-corrected chi connectivity index (χ3v) is 3.73. The molecule has 2 amide bonds. The summed E-state index contributed by atoms with van der Waals surface area (Å²) in [5, 5.41) is 5.97. The summed E-state index contributed by atoms with van der Waals surface area (Å²) in [4.78, 5) is 26.2. The van der Waals surface area contributed by atoms with Crippen LogP contribution in [0.25, 0.3) is 0 Å². The van der Waals surface area contributed by atoms with Crippen molar-refractivity contribution in [2.45, 2.75) is 32.4 Å². The first-order chi connectivity index (χ1) is 9.13. The van der Waals surface area contributed by atoms with Crippen LogP contribution in [0.5, 0.6) is 0 Å². The van der Waals surface area contributed by atoms with Crippen LogP contribution in [-0.2, 0) is 14.3 Å². The molecular weight excluding hydrogens is 246 g/mol. The third kappa shape index (κ3) is 3.25. The quantitative estimate of drug-likeness (QED) is 0.714. The number of likely N-dealkylation sites (N-methyl/N-ethyl adjacent to an activating group) is 1. The van der Waals surface area contributed by atoms with Crippen molar-refractivity contribution in [2.75, 3.05) is 32.8 Å². The summed E-state index contributed by atoms with van der Waals surface area (Å²) in [6, 6.07) is -0.392. The number of amides is 2. The van der Waals surface area contributed by atoms with Gasteiger partial charge in [0.05, 0.1) is 18.6 Å². The number of rotatable bonds is 3. The van der Waals surface area contributed by atoms with Gasteiger partial charge in [0.25, 0.3) is 0 Å². The summed E-state index contributed by atoms with van der Waals surface area (Å²) >= 11 is 0. The van der Waals surface area contributed by atoms with E-state index >= 15 is 0 Å². The number of hydrogen-bond donors (Lipinski definition) is 2. The molecule has 6 nitrogen and oxygen atoms in total. The Bertz CT molecular complexity index is 348. The van der Waals surface area contributed by atoms with E-state index in [1.807, 2.05) is 13.8 Å². The monoisotopic (exact) mass is 269 g/mol. The molecule has 0 aromatic heterocycles. The average molecular weight is 269 g/mol. The molecule has 6 heteroatoms. The van der Waals surface area contributed by atoms with Gasteiger partial charge in [-0.05, 0) is 20.3 Å². The molecule has 2 N–H and O–H groups in total. The molecule has 2 fully saturated rings. The van der Waals surface area contributed by atoms with E-state index in [1.54, 1.807) is 4.90 Å². The first kappa shape index (κ1) is 14.3. The molecule has 19 heavy (non-hydrogen) atoms. The lowest BCUT2D eigenvalue weighted by molar-refractivity contribution is -0.144. The first-order valence-electron chi connectivity index (χ1n) is 7.04. The highest BCUT2D eigenvalue weighted by molar-refractivity contribution is 5.89. The second kappa shape index (κ2) is 6.34. The normalized spacial score (nSPS) is 31.3. The number of carbonyl (C=O) groups is 2. The van der Waals surface area contributed by atoms with Crippen LogP contribution in [0.15, 0.2) is 0 Å². The molecule has 2 saturated heterocycles. The van der Waals surface area contributed by atoms with E-state index in [0.29, 0.717) is 26.2 Å². The number of carbonyl (C=O) groups excluding carboxylic acids is 2. The van der Waals surface area contributed by atoms with Gasteiger partial charge in [-0.3, -0.25) is 9.59 Å². The maximum Gasteiger partial charge on any atom is 0.244 e. The smallest absolute Gasteiger partial charge is 0.244 e. The topological polar surface area (TPSA) is 70.7 Å². The Hall–Kier alpha value is -1.14. The van der Waals surface area contributed by atoms with Crippen LogP contribution in [0.4, 0.5) is 0 Å². The van der Waals surface area contributed by atoms with Gasteiger partial charge >= 0.3 is 0 Å². The van der Waals surface area contributed by atoms with Crippen LogP contribution in [0.1, 0.15) is 20.3 Å². The zero-order valence-electron chi connectivity index (χ0n) is 11.6. The summed E-state index contributed by atoms with van der Waals surface area (Å²) in [5.74, 6) is -0.109. The second-order valence-corrected chi connectivity index (χ2v) is 5.22.